The van der Waals surface area contributed by atoms with Crippen LogP contribution in [0.4, 0.5) is 19.3 Å². The Morgan fingerprint density at radius 2 is 1.32 bits per heavy atom. The highest BCUT2D eigenvalue weighted by Gasteiger charge is 2.20. The van der Waals surface area contributed by atoms with Gasteiger partial charge in [-0.1, -0.05) is 23.7 Å². The molecule has 4 rings (SSSR count). The molecule has 0 fully saturated rings. The van der Waals surface area contributed by atoms with Crippen LogP contribution < -0.4 is 15.4 Å². The summed E-state index contributed by atoms with van der Waals surface area (Å²) < 4.78 is 58.7. The number of imide groups is 1. The van der Waals surface area contributed by atoms with Gasteiger partial charge in [0.2, 0.25) is 9.84 Å². The standard InChI is InChI=1S/C26H17ClF2N2O5S/c27-16-7-11-20(12-8-16)37(34,35)21-13-9-18(10-14-21)36-19-4-1-3-17(15-19)30-26(33)31-25(32)24-22(28)5-2-6-23(24)29/h1-15H,(H2,30,31,32,33). The molecule has 37 heavy (non-hydrogen) atoms. The Kier molecular flexibility index (Phi) is 7.51. The molecule has 4 aromatic rings. The van der Waals surface area contributed by atoms with Crippen LogP contribution in [0.2, 0.25) is 5.02 Å². The van der Waals surface area contributed by atoms with Crippen molar-refractivity contribution >= 4 is 39.1 Å². The normalized spacial score (nSPS) is 11.0. The van der Waals surface area contributed by atoms with Gasteiger partial charge in [0.25, 0.3) is 5.91 Å². The van der Waals surface area contributed by atoms with Crippen LogP contribution in [0.25, 0.3) is 0 Å². The smallest absolute Gasteiger partial charge is 0.326 e. The monoisotopic (exact) mass is 542 g/mol. The summed E-state index contributed by atoms with van der Waals surface area (Å²) in [5, 5.41) is 4.65. The van der Waals surface area contributed by atoms with Crippen LogP contribution in [0.1, 0.15) is 10.4 Å². The van der Waals surface area contributed by atoms with E-state index in [1.165, 1.54) is 60.7 Å². The molecule has 0 aliphatic rings. The van der Waals surface area contributed by atoms with E-state index in [0.29, 0.717) is 10.8 Å². The third kappa shape index (κ3) is 6.11. The van der Waals surface area contributed by atoms with Gasteiger partial charge in [-0.3, -0.25) is 10.1 Å². The quantitative estimate of drug-likeness (QED) is 0.302. The van der Waals surface area contributed by atoms with Gasteiger partial charge in [-0.05, 0) is 72.8 Å². The number of carbonyl (C=O) groups is 2. The second kappa shape index (κ2) is 10.8. The molecule has 0 unspecified atom stereocenters. The molecule has 0 aliphatic heterocycles. The van der Waals surface area contributed by atoms with Crippen LogP contribution in [-0.4, -0.2) is 20.4 Å². The molecule has 0 heterocycles. The lowest BCUT2D eigenvalue weighted by Crippen LogP contribution is -2.35. The van der Waals surface area contributed by atoms with E-state index in [9.17, 15) is 26.8 Å². The average Bonchev–Trinajstić information content (AvgIpc) is 2.85. The largest absolute Gasteiger partial charge is 0.457 e. The summed E-state index contributed by atoms with van der Waals surface area (Å²) in [6, 6.07) is 19.5. The van der Waals surface area contributed by atoms with Crippen molar-refractivity contribution in [1.29, 1.82) is 0 Å². The zero-order chi connectivity index (χ0) is 26.6. The zero-order valence-corrected chi connectivity index (χ0v) is 20.3. The number of hydrogen-bond acceptors (Lipinski definition) is 5. The molecule has 2 N–H and O–H groups in total. The second-order valence-electron chi connectivity index (χ2n) is 7.56. The first-order chi connectivity index (χ1) is 17.6. The molecule has 188 valence electrons. The van der Waals surface area contributed by atoms with Gasteiger partial charge < -0.3 is 10.1 Å². The number of anilines is 1. The van der Waals surface area contributed by atoms with Crippen molar-refractivity contribution in [3.8, 4) is 11.5 Å². The predicted molar refractivity (Wildman–Crippen MR) is 133 cm³/mol. The van der Waals surface area contributed by atoms with Crippen LogP contribution in [0.5, 0.6) is 11.5 Å². The molecule has 0 atom stereocenters. The molecule has 0 spiro atoms. The van der Waals surface area contributed by atoms with Gasteiger partial charge in [-0.25, -0.2) is 22.0 Å². The van der Waals surface area contributed by atoms with E-state index in [0.717, 1.165) is 18.2 Å². The highest BCUT2D eigenvalue weighted by Crippen LogP contribution is 2.28. The third-order valence-electron chi connectivity index (χ3n) is 5.00. The molecule has 4 aromatic carbocycles. The maximum absolute atomic E-state index is 13.7. The molecule has 11 heteroatoms. The fourth-order valence-electron chi connectivity index (χ4n) is 3.25. The van der Waals surface area contributed by atoms with Crippen molar-refractivity contribution in [1.82, 2.24) is 5.32 Å². The van der Waals surface area contributed by atoms with Crippen molar-refractivity contribution in [2.45, 2.75) is 9.79 Å². The van der Waals surface area contributed by atoms with Gasteiger partial charge in [0, 0.05) is 16.8 Å². The van der Waals surface area contributed by atoms with Crippen LogP contribution in [0, 0.1) is 11.6 Å². The van der Waals surface area contributed by atoms with Gasteiger partial charge >= 0.3 is 6.03 Å². The maximum Gasteiger partial charge on any atom is 0.326 e. The molecule has 0 saturated carbocycles. The number of urea groups is 1. The second-order valence-corrected chi connectivity index (χ2v) is 9.95. The minimum atomic E-state index is -3.74. The zero-order valence-electron chi connectivity index (χ0n) is 18.7. The van der Waals surface area contributed by atoms with E-state index in [-0.39, 0.29) is 21.2 Å². The number of carbonyl (C=O) groups excluding carboxylic acids is 2. The van der Waals surface area contributed by atoms with E-state index in [2.05, 4.69) is 5.32 Å². The van der Waals surface area contributed by atoms with Crippen LogP contribution >= 0.6 is 11.6 Å². The Hall–Kier alpha value is -4.28. The van der Waals surface area contributed by atoms with Gasteiger partial charge in [0.1, 0.15) is 28.7 Å². The number of amides is 3. The lowest BCUT2D eigenvalue weighted by atomic mass is 10.2. The van der Waals surface area contributed by atoms with Crippen molar-refractivity contribution in [2.75, 3.05) is 5.32 Å². The van der Waals surface area contributed by atoms with Crippen LogP contribution in [0.15, 0.2) is 101 Å². The maximum atomic E-state index is 13.7. The predicted octanol–water partition coefficient (Wildman–Crippen LogP) is 6.21. The summed E-state index contributed by atoms with van der Waals surface area (Å²) >= 11 is 5.82. The summed E-state index contributed by atoms with van der Waals surface area (Å²) in [6.45, 7) is 0. The summed E-state index contributed by atoms with van der Waals surface area (Å²) in [6.07, 6.45) is 0. The molecular weight excluding hydrogens is 526 g/mol. The van der Waals surface area contributed by atoms with Gasteiger partial charge in [-0.2, -0.15) is 0 Å². The van der Waals surface area contributed by atoms with Gasteiger partial charge in [0.15, 0.2) is 0 Å². The lowest BCUT2D eigenvalue weighted by Gasteiger charge is -2.11. The van der Waals surface area contributed by atoms with Crippen molar-refractivity contribution in [3.63, 3.8) is 0 Å². The number of sulfone groups is 1. The molecule has 0 saturated heterocycles. The first-order valence-electron chi connectivity index (χ1n) is 10.6. The minimum absolute atomic E-state index is 0.0604. The van der Waals surface area contributed by atoms with E-state index in [1.807, 2.05) is 5.32 Å². The van der Waals surface area contributed by atoms with E-state index in [4.69, 9.17) is 16.3 Å². The fraction of sp³-hybridized carbons (Fsp3) is 0. The number of rotatable bonds is 6. The molecule has 7 nitrogen and oxygen atoms in total. The number of halogens is 3. The fourth-order valence-corrected chi connectivity index (χ4v) is 4.64. The molecule has 0 aromatic heterocycles. The molecule has 0 radical (unpaired) electrons. The van der Waals surface area contributed by atoms with Gasteiger partial charge in [0.05, 0.1) is 9.79 Å². The summed E-state index contributed by atoms with van der Waals surface area (Å²) in [7, 11) is -3.74. The van der Waals surface area contributed by atoms with E-state index >= 15 is 0 Å². The van der Waals surface area contributed by atoms with Crippen molar-refractivity contribution < 1.29 is 31.5 Å². The van der Waals surface area contributed by atoms with Crippen LogP contribution in [-0.2, 0) is 9.84 Å². The Labute approximate surface area is 215 Å². The highest BCUT2D eigenvalue weighted by molar-refractivity contribution is 7.91. The van der Waals surface area contributed by atoms with Crippen molar-refractivity contribution in [3.05, 3.63) is 113 Å². The average molecular weight is 543 g/mol. The first-order valence-corrected chi connectivity index (χ1v) is 12.4. The van der Waals surface area contributed by atoms with E-state index in [1.54, 1.807) is 12.1 Å². The molecular formula is C26H17ClF2N2O5S. The Morgan fingerprint density at radius 1 is 0.757 bits per heavy atom. The Bertz CT molecular complexity index is 1560. The van der Waals surface area contributed by atoms with Gasteiger partial charge in [-0.15, -0.1) is 0 Å². The molecule has 3 amide bonds. The third-order valence-corrected chi connectivity index (χ3v) is 7.04. The van der Waals surface area contributed by atoms with Crippen molar-refractivity contribution in [2.24, 2.45) is 0 Å². The van der Waals surface area contributed by atoms with E-state index < -0.39 is 39.0 Å². The lowest BCUT2D eigenvalue weighted by molar-refractivity contribution is 0.0959. The number of ether oxygens (including phenoxy) is 1. The molecule has 0 aliphatic carbocycles. The number of benzene rings is 4. The summed E-state index contributed by atoms with van der Waals surface area (Å²) in [4.78, 5) is 24.4. The topological polar surface area (TPSA) is 102 Å². The first kappa shape index (κ1) is 25.8. The highest BCUT2D eigenvalue weighted by atomic mass is 35.5. The molecule has 0 bridgehead atoms. The number of nitrogens with one attached hydrogen (secondary N) is 2. The summed E-state index contributed by atoms with van der Waals surface area (Å²) in [5.74, 6) is -2.84. The Balaban J connectivity index is 1.41. The summed E-state index contributed by atoms with van der Waals surface area (Å²) in [5.41, 5.74) is -0.657. The number of hydrogen-bond donors (Lipinski definition) is 2. The van der Waals surface area contributed by atoms with Crippen LogP contribution in [0.3, 0.4) is 0 Å². The Morgan fingerprint density at radius 3 is 1.95 bits per heavy atom. The minimum Gasteiger partial charge on any atom is -0.457 e. The SMILES string of the molecule is O=C(NC(=O)c1c(F)cccc1F)Nc1cccc(Oc2ccc(S(=O)(=O)c3ccc(Cl)cc3)cc2)c1.